The minimum atomic E-state index is -1.43. The lowest BCUT2D eigenvalue weighted by Gasteiger charge is -2.27. The smallest absolute Gasteiger partial charge is 0.341 e. The van der Waals surface area contributed by atoms with Crippen molar-refractivity contribution in [2.45, 2.75) is 0 Å². The first-order valence-corrected chi connectivity index (χ1v) is 8.34. The van der Waals surface area contributed by atoms with Crippen molar-refractivity contribution >= 4 is 23.0 Å². The molecule has 1 aliphatic heterocycles. The summed E-state index contributed by atoms with van der Waals surface area (Å²) < 4.78 is 5.91. The lowest BCUT2D eigenvalue weighted by atomic mass is 10.1. The van der Waals surface area contributed by atoms with Crippen LogP contribution >= 0.6 is 0 Å². The predicted octanol–water partition coefficient (Wildman–Crippen LogP) is 1.23. The Morgan fingerprint density at radius 2 is 1.81 bits per heavy atom. The third-order valence-corrected chi connectivity index (χ3v) is 4.39. The number of pyridine rings is 1. The molecule has 0 aliphatic carbocycles. The molecule has 1 aliphatic rings. The van der Waals surface area contributed by atoms with Gasteiger partial charge in [0.05, 0.1) is 30.5 Å². The molecular formula is C18H16N4O5. The number of rotatable bonds is 3. The van der Waals surface area contributed by atoms with Crippen LogP contribution in [0.15, 0.2) is 41.3 Å². The zero-order chi connectivity index (χ0) is 19.0. The Balaban J connectivity index is 2.05. The molecule has 0 unspecified atom stereocenters. The fourth-order valence-electron chi connectivity index (χ4n) is 3.05. The van der Waals surface area contributed by atoms with Crippen molar-refractivity contribution in [3.8, 4) is 11.3 Å². The first-order chi connectivity index (χ1) is 13.1. The van der Waals surface area contributed by atoms with E-state index >= 15 is 0 Å². The molecule has 0 bridgehead atoms. The average molecular weight is 368 g/mol. The van der Waals surface area contributed by atoms with Gasteiger partial charge >= 0.3 is 5.97 Å². The highest BCUT2D eigenvalue weighted by atomic mass is 16.5. The predicted molar refractivity (Wildman–Crippen MR) is 96.4 cm³/mol. The molecule has 0 spiro atoms. The van der Waals surface area contributed by atoms with Gasteiger partial charge in [0.15, 0.2) is 5.65 Å². The van der Waals surface area contributed by atoms with E-state index in [2.05, 4.69) is 9.97 Å². The van der Waals surface area contributed by atoms with Crippen molar-refractivity contribution in [3.63, 3.8) is 0 Å². The van der Waals surface area contributed by atoms with E-state index in [-0.39, 0.29) is 16.7 Å². The van der Waals surface area contributed by atoms with E-state index in [0.29, 0.717) is 42.5 Å². The fraction of sp³-hybridized carbons (Fsp3) is 0.222. The van der Waals surface area contributed by atoms with Crippen LogP contribution in [0.25, 0.3) is 22.3 Å². The zero-order valence-electron chi connectivity index (χ0n) is 14.2. The van der Waals surface area contributed by atoms with Crippen molar-refractivity contribution in [1.82, 2.24) is 14.7 Å². The van der Waals surface area contributed by atoms with Gasteiger partial charge in [-0.05, 0) is 0 Å². The lowest BCUT2D eigenvalue weighted by Crippen LogP contribution is -2.37. The molecule has 0 atom stereocenters. The molecule has 1 aromatic carbocycles. The second kappa shape index (κ2) is 6.69. The van der Waals surface area contributed by atoms with Crippen molar-refractivity contribution in [2.75, 3.05) is 31.2 Å². The van der Waals surface area contributed by atoms with E-state index in [1.54, 1.807) is 24.3 Å². The molecule has 3 heterocycles. The number of morpholine rings is 1. The van der Waals surface area contributed by atoms with Crippen LogP contribution in [-0.2, 0) is 4.74 Å². The quantitative estimate of drug-likeness (QED) is 0.663. The van der Waals surface area contributed by atoms with E-state index < -0.39 is 17.0 Å². The highest BCUT2D eigenvalue weighted by Crippen LogP contribution is 2.26. The second-order valence-corrected chi connectivity index (χ2v) is 6.06. The standard InChI is InChI=1S/C18H16N4O5/c23-15-12(17(24)25)10-22(26)16-13(15)14(11-4-2-1-3-5-11)19-18(20-16)21-6-8-27-9-7-21/h1-5,10,26H,6-9H2,(H,24,25). The molecule has 4 rings (SSSR count). The third-order valence-electron chi connectivity index (χ3n) is 4.39. The summed E-state index contributed by atoms with van der Waals surface area (Å²) >= 11 is 0. The number of carbonyl (C=O) groups is 1. The van der Waals surface area contributed by atoms with Crippen molar-refractivity contribution < 1.29 is 19.8 Å². The fourth-order valence-corrected chi connectivity index (χ4v) is 3.05. The van der Waals surface area contributed by atoms with Crippen LogP contribution in [0.4, 0.5) is 5.95 Å². The Kier molecular flexibility index (Phi) is 4.21. The Bertz CT molecular complexity index is 1070. The minimum absolute atomic E-state index is 0.0411. The summed E-state index contributed by atoms with van der Waals surface area (Å²) in [6, 6.07) is 8.92. The van der Waals surface area contributed by atoms with Crippen LogP contribution in [0.3, 0.4) is 0 Å². The summed E-state index contributed by atoms with van der Waals surface area (Å²) in [7, 11) is 0. The molecule has 138 valence electrons. The highest BCUT2D eigenvalue weighted by molar-refractivity contribution is 5.97. The Morgan fingerprint density at radius 3 is 2.48 bits per heavy atom. The second-order valence-electron chi connectivity index (χ2n) is 6.06. The summed E-state index contributed by atoms with van der Waals surface area (Å²) in [6.07, 6.45) is 0.859. The number of carboxylic acids is 1. The minimum Gasteiger partial charge on any atom is -0.477 e. The number of anilines is 1. The molecule has 0 amide bonds. The van der Waals surface area contributed by atoms with Gasteiger partial charge in [-0.25, -0.2) is 9.78 Å². The number of benzene rings is 1. The molecule has 0 radical (unpaired) electrons. The Hall–Kier alpha value is -3.46. The van der Waals surface area contributed by atoms with Crippen LogP contribution in [0.2, 0.25) is 0 Å². The monoisotopic (exact) mass is 368 g/mol. The van der Waals surface area contributed by atoms with Gasteiger partial charge in [-0.2, -0.15) is 9.71 Å². The molecule has 9 heteroatoms. The van der Waals surface area contributed by atoms with Crippen LogP contribution < -0.4 is 10.3 Å². The normalized spacial score (nSPS) is 14.4. The van der Waals surface area contributed by atoms with E-state index in [1.165, 1.54) is 0 Å². The van der Waals surface area contributed by atoms with E-state index in [9.17, 15) is 19.9 Å². The molecule has 1 fully saturated rings. The molecular weight excluding hydrogens is 352 g/mol. The van der Waals surface area contributed by atoms with E-state index in [0.717, 1.165) is 6.20 Å². The topological polar surface area (TPSA) is 118 Å². The Morgan fingerprint density at radius 1 is 1.11 bits per heavy atom. The lowest BCUT2D eigenvalue weighted by molar-refractivity contribution is 0.0691. The number of carboxylic acid groups (broad SMARTS) is 1. The van der Waals surface area contributed by atoms with Crippen LogP contribution in [0.5, 0.6) is 0 Å². The number of nitrogens with zero attached hydrogens (tertiary/aromatic N) is 4. The van der Waals surface area contributed by atoms with Crippen molar-refractivity contribution in [1.29, 1.82) is 0 Å². The van der Waals surface area contributed by atoms with Gasteiger partial charge in [0.25, 0.3) is 0 Å². The van der Waals surface area contributed by atoms with Gasteiger partial charge in [-0.3, -0.25) is 4.79 Å². The summed E-state index contributed by atoms with van der Waals surface area (Å²) in [5.74, 6) is -1.09. The maximum Gasteiger partial charge on any atom is 0.341 e. The van der Waals surface area contributed by atoms with Gasteiger partial charge in [-0.15, -0.1) is 0 Å². The maximum atomic E-state index is 12.8. The van der Waals surface area contributed by atoms with Crippen LogP contribution in [0, 0.1) is 0 Å². The van der Waals surface area contributed by atoms with Gasteiger partial charge in [-0.1, -0.05) is 30.3 Å². The average Bonchev–Trinajstić information content (AvgIpc) is 2.71. The summed E-state index contributed by atoms with van der Waals surface area (Å²) in [4.78, 5) is 34.9. The van der Waals surface area contributed by atoms with Crippen LogP contribution in [-0.4, -0.2) is 57.3 Å². The third kappa shape index (κ3) is 2.97. The summed E-state index contributed by atoms with van der Waals surface area (Å²) in [5.41, 5.74) is -0.433. The molecule has 2 N–H and O–H groups in total. The van der Waals surface area contributed by atoms with Crippen molar-refractivity contribution in [3.05, 3.63) is 52.3 Å². The molecule has 0 saturated carbocycles. The maximum absolute atomic E-state index is 12.8. The van der Waals surface area contributed by atoms with Gasteiger partial charge in [0.1, 0.15) is 5.56 Å². The Labute approximate surface area is 153 Å². The zero-order valence-corrected chi connectivity index (χ0v) is 14.2. The molecule has 2 aromatic heterocycles. The van der Waals surface area contributed by atoms with E-state index in [1.807, 2.05) is 11.0 Å². The van der Waals surface area contributed by atoms with Gasteiger partial charge < -0.3 is 20.0 Å². The first-order valence-electron chi connectivity index (χ1n) is 8.34. The number of aromatic nitrogens is 3. The van der Waals surface area contributed by atoms with Crippen LogP contribution in [0.1, 0.15) is 10.4 Å². The number of fused-ring (bicyclic) bond motifs is 1. The SMILES string of the molecule is O=C(O)c1cn(O)c2nc(N3CCOCC3)nc(-c3ccccc3)c2c1=O. The highest BCUT2D eigenvalue weighted by Gasteiger charge is 2.23. The largest absolute Gasteiger partial charge is 0.477 e. The number of aromatic carboxylic acids is 1. The van der Waals surface area contributed by atoms with E-state index in [4.69, 9.17) is 4.74 Å². The number of ether oxygens (including phenoxy) is 1. The first kappa shape index (κ1) is 17.0. The summed E-state index contributed by atoms with van der Waals surface area (Å²) in [5, 5.41) is 19.5. The van der Waals surface area contributed by atoms with Gasteiger partial charge in [0.2, 0.25) is 11.4 Å². The molecule has 1 saturated heterocycles. The number of hydrogen-bond acceptors (Lipinski definition) is 7. The molecule has 27 heavy (non-hydrogen) atoms. The molecule has 3 aromatic rings. The molecule has 9 nitrogen and oxygen atoms in total. The number of hydrogen-bond donors (Lipinski definition) is 2. The van der Waals surface area contributed by atoms with Gasteiger partial charge in [0, 0.05) is 18.7 Å². The summed E-state index contributed by atoms with van der Waals surface area (Å²) in [6.45, 7) is 2.18. The van der Waals surface area contributed by atoms with Crippen molar-refractivity contribution in [2.24, 2.45) is 0 Å².